The van der Waals surface area contributed by atoms with Crippen molar-refractivity contribution in [1.82, 2.24) is 4.98 Å². The molecule has 1 amide bonds. The molecule has 3 aromatic carbocycles. The molecule has 9 heteroatoms. The maximum atomic E-state index is 13.5. The lowest BCUT2D eigenvalue weighted by atomic mass is 9.95. The Hall–Kier alpha value is -3.75. The number of amides is 1. The van der Waals surface area contributed by atoms with Gasteiger partial charge in [-0.15, -0.1) is 0 Å². The number of anilines is 1. The maximum Gasteiger partial charge on any atom is 0.301 e. The van der Waals surface area contributed by atoms with Gasteiger partial charge in [-0.2, -0.15) is 0 Å². The molecule has 1 aromatic heterocycles. The summed E-state index contributed by atoms with van der Waals surface area (Å²) >= 11 is 7.35. The Morgan fingerprint density at radius 2 is 1.84 bits per heavy atom. The Morgan fingerprint density at radius 1 is 1.11 bits per heavy atom. The highest BCUT2D eigenvalue weighted by Crippen LogP contribution is 2.44. The van der Waals surface area contributed by atoms with Crippen LogP contribution in [0.3, 0.4) is 0 Å². The van der Waals surface area contributed by atoms with Gasteiger partial charge in [-0.1, -0.05) is 48.4 Å². The number of aromatic nitrogens is 1. The smallest absolute Gasteiger partial charge is 0.301 e. The summed E-state index contributed by atoms with van der Waals surface area (Å²) in [4.78, 5) is 32.5. The average molecular weight is 537 g/mol. The van der Waals surface area contributed by atoms with E-state index in [1.807, 2.05) is 0 Å². The number of fused-ring (bicyclic) bond motifs is 1. The summed E-state index contributed by atoms with van der Waals surface area (Å²) in [6, 6.07) is 16.4. The van der Waals surface area contributed by atoms with Crippen molar-refractivity contribution in [2.75, 3.05) is 11.5 Å². The molecule has 0 bridgehead atoms. The Labute approximate surface area is 221 Å². The Balaban J connectivity index is 1.64. The first-order valence-electron chi connectivity index (χ1n) is 11.7. The minimum atomic E-state index is -0.953. The number of nitrogens with zero attached hydrogens (tertiary/aromatic N) is 2. The monoisotopic (exact) mass is 536 g/mol. The van der Waals surface area contributed by atoms with Crippen molar-refractivity contribution in [2.45, 2.75) is 25.8 Å². The summed E-state index contributed by atoms with van der Waals surface area (Å²) in [5, 5.41) is 12.0. The number of unbranched alkanes of at least 4 members (excludes halogenated alkanes) is 1. The molecule has 1 aliphatic heterocycles. The molecule has 0 radical (unpaired) electrons. The first-order chi connectivity index (χ1) is 17.9. The van der Waals surface area contributed by atoms with Crippen LogP contribution in [-0.2, 0) is 9.59 Å². The van der Waals surface area contributed by atoms with Gasteiger partial charge in [0.15, 0.2) is 5.13 Å². The van der Waals surface area contributed by atoms with Gasteiger partial charge in [0.2, 0.25) is 0 Å². The van der Waals surface area contributed by atoms with E-state index in [0.29, 0.717) is 33.6 Å². The third kappa shape index (κ3) is 4.82. The summed E-state index contributed by atoms with van der Waals surface area (Å²) in [6.45, 7) is 2.65. The van der Waals surface area contributed by atoms with Crippen molar-refractivity contribution in [3.05, 3.63) is 94.3 Å². The lowest BCUT2D eigenvalue weighted by molar-refractivity contribution is -0.132. The SMILES string of the molecule is CCCCOc1ccc(C2C(=C(O)c3ccc(F)cc3)C(=O)C(=O)N2c2nc3ccc(Cl)cc3s2)cc1. The van der Waals surface area contributed by atoms with E-state index >= 15 is 0 Å². The normalized spacial score (nSPS) is 17.1. The van der Waals surface area contributed by atoms with Crippen molar-refractivity contribution in [3.8, 4) is 5.75 Å². The summed E-state index contributed by atoms with van der Waals surface area (Å²) in [5.74, 6) is -1.89. The van der Waals surface area contributed by atoms with Crippen LogP contribution < -0.4 is 9.64 Å². The molecule has 1 unspecified atom stereocenters. The fourth-order valence-corrected chi connectivity index (χ4v) is 5.45. The van der Waals surface area contributed by atoms with Crippen LogP contribution in [0.25, 0.3) is 16.0 Å². The summed E-state index contributed by atoms with van der Waals surface area (Å²) in [6.07, 6.45) is 1.92. The Bertz CT molecular complexity index is 1520. The second-order valence-corrected chi connectivity index (χ2v) is 10.0. The van der Waals surface area contributed by atoms with Crippen LogP contribution in [0.15, 0.2) is 72.3 Å². The summed E-state index contributed by atoms with van der Waals surface area (Å²) in [7, 11) is 0. The maximum absolute atomic E-state index is 13.5. The number of aliphatic hydroxyl groups excluding tert-OH is 1. The number of ketones is 1. The number of hydrogen-bond acceptors (Lipinski definition) is 6. The molecular weight excluding hydrogens is 515 g/mol. The molecule has 188 valence electrons. The number of hydrogen-bond donors (Lipinski definition) is 1. The first kappa shape index (κ1) is 24.9. The third-order valence-electron chi connectivity index (χ3n) is 6.07. The van der Waals surface area contributed by atoms with Crippen LogP contribution in [0.2, 0.25) is 5.02 Å². The molecule has 4 aromatic rings. The molecule has 1 aliphatic rings. The van der Waals surface area contributed by atoms with Gasteiger partial charge in [0.25, 0.3) is 5.78 Å². The molecule has 37 heavy (non-hydrogen) atoms. The number of aliphatic hydroxyl groups is 1. The number of carbonyl (C=O) groups excluding carboxylic acids is 2. The summed E-state index contributed by atoms with van der Waals surface area (Å²) in [5.41, 5.74) is 1.33. The predicted molar refractivity (Wildman–Crippen MR) is 143 cm³/mol. The van der Waals surface area contributed by atoms with E-state index in [1.165, 1.54) is 40.5 Å². The van der Waals surface area contributed by atoms with E-state index in [1.54, 1.807) is 42.5 Å². The zero-order valence-corrected chi connectivity index (χ0v) is 21.4. The van der Waals surface area contributed by atoms with Gasteiger partial charge in [0.05, 0.1) is 28.4 Å². The molecule has 0 saturated carbocycles. The van der Waals surface area contributed by atoms with Crippen LogP contribution in [0.4, 0.5) is 9.52 Å². The van der Waals surface area contributed by atoms with Crippen LogP contribution in [0, 0.1) is 5.82 Å². The lowest BCUT2D eigenvalue weighted by Crippen LogP contribution is -2.29. The third-order valence-corrected chi connectivity index (χ3v) is 7.32. The quantitative estimate of drug-likeness (QED) is 0.120. The Kier molecular flexibility index (Phi) is 6.95. The molecule has 6 nitrogen and oxygen atoms in total. The molecular formula is C28H22ClFN2O4S. The molecule has 1 fully saturated rings. The first-order valence-corrected chi connectivity index (χ1v) is 12.9. The highest BCUT2D eigenvalue weighted by atomic mass is 35.5. The number of carbonyl (C=O) groups is 2. The molecule has 1 N–H and O–H groups in total. The number of thiazole rings is 1. The average Bonchev–Trinajstić information content (AvgIpc) is 3.42. The highest BCUT2D eigenvalue weighted by Gasteiger charge is 2.48. The molecule has 0 spiro atoms. The minimum absolute atomic E-state index is 0.103. The number of ether oxygens (including phenoxy) is 1. The van der Waals surface area contributed by atoms with Gasteiger partial charge < -0.3 is 9.84 Å². The van der Waals surface area contributed by atoms with Crippen LogP contribution >= 0.6 is 22.9 Å². The molecule has 0 aliphatic carbocycles. The van der Waals surface area contributed by atoms with Gasteiger partial charge in [-0.05, 0) is 66.6 Å². The van der Waals surface area contributed by atoms with Crippen molar-refractivity contribution < 1.29 is 23.8 Å². The second-order valence-electron chi connectivity index (χ2n) is 8.56. The van der Waals surface area contributed by atoms with Crippen molar-refractivity contribution >= 4 is 55.7 Å². The van der Waals surface area contributed by atoms with Crippen molar-refractivity contribution in [1.29, 1.82) is 0 Å². The van der Waals surface area contributed by atoms with E-state index in [0.717, 1.165) is 17.5 Å². The lowest BCUT2D eigenvalue weighted by Gasteiger charge is -2.23. The Morgan fingerprint density at radius 3 is 2.54 bits per heavy atom. The van der Waals surface area contributed by atoms with Gasteiger partial charge in [0.1, 0.15) is 17.3 Å². The van der Waals surface area contributed by atoms with E-state index in [4.69, 9.17) is 16.3 Å². The number of rotatable bonds is 7. The summed E-state index contributed by atoms with van der Waals surface area (Å²) < 4.78 is 20.0. The van der Waals surface area contributed by atoms with Gasteiger partial charge in [-0.25, -0.2) is 9.37 Å². The van der Waals surface area contributed by atoms with Gasteiger partial charge in [-0.3, -0.25) is 14.5 Å². The van der Waals surface area contributed by atoms with Crippen LogP contribution in [0.5, 0.6) is 5.75 Å². The number of halogens is 2. The fraction of sp³-hybridized carbons (Fsp3) is 0.179. The second kappa shape index (κ2) is 10.3. The fourth-order valence-electron chi connectivity index (χ4n) is 4.18. The standard InChI is InChI=1S/C28H22ClFN2O4S/c1-2-3-14-36-20-11-6-16(7-12-20)24-23(25(33)17-4-9-19(30)10-5-17)26(34)27(35)32(24)28-31-21-13-8-18(29)15-22(21)37-28/h4-13,15,24,33H,2-3,14H2,1H3. The van der Waals surface area contributed by atoms with Gasteiger partial charge >= 0.3 is 5.91 Å². The zero-order valence-electron chi connectivity index (χ0n) is 19.8. The largest absolute Gasteiger partial charge is 0.507 e. The molecule has 5 rings (SSSR count). The van der Waals surface area contributed by atoms with E-state index in [2.05, 4.69) is 11.9 Å². The minimum Gasteiger partial charge on any atom is -0.507 e. The predicted octanol–water partition coefficient (Wildman–Crippen LogP) is 6.89. The van der Waals surface area contributed by atoms with E-state index < -0.39 is 29.3 Å². The molecule has 1 atom stereocenters. The number of Topliss-reactive ketones (excluding diaryl/α,β-unsaturated/α-hetero) is 1. The van der Waals surface area contributed by atoms with E-state index in [-0.39, 0.29) is 11.1 Å². The molecule has 1 saturated heterocycles. The number of benzene rings is 3. The van der Waals surface area contributed by atoms with Gasteiger partial charge in [0, 0.05) is 10.6 Å². The van der Waals surface area contributed by atoms with E-state index in [9.17, 15) is 19.1 Å². The van der Waals surface area contributed by atoms with Crippen LogP contribution in [-0.4, -0.2) is 28.4 Å². The van der Waals surface area contributed by atoms with Crippen LogP contribution in [0.1, 0.15) is 36.9 Å². The van der Waals surface area contributed by atoms with Crippen molar-refractivity contribution in [3.63, 3.8) is 0 Å². The zero-order chi connectivity index (χ0) is 26.1. The van der Waals surface area contributed by atoms with Crippen molar-refractivity contribution in [2.24, 2.45) is 0 Å². The topological polar surface area (TPSA) is 79.7 Å². The molecule has 2 heterocycles. The highest BCUT2D eigenvalue weighted by molar-refractivity contribution is 7.22.